The van der Waals surface area contributed by atoms with Crippen LogP contribution in [0.4, 0.5) is 0 Å². The fourth-order valence-corrected chi connectivity index (χ4v) is 3.60. The van der Waals surface area contributed by atoms with Crippen molar-refractivity contribution in [2.45, 2.75) is 58.4 Å². The van der Waals surface area contributed by atoms with Crippen LogP contribution in [-0.4, -0.2) is 13.1 Å². The standard InChI is InChI=1S/C14H27N/c1-10-6-11(2)8-13(7-10)14(15-3)9-12-4-5-12/h10-15H,4-9H2,1-3H3. The van der Waals surface area contributed by atoms with Gasteiger partial charge in [-0.05, 0) is 56.4 Å². The first kappa shape index (κ1) is 11.4. The summed E-state index contributed by atoms with van der Waals surface area (Å²) in [5, 5.41) is 3.58. The Bertz CT molecular complexity index is 188. The smallest absolute Gasteiger partial charge is 0.00951 e. The van der Waals surface area contributed by atoms with Crippen LogP contribution in [0.25, 0.3) is 0 Å². The zero-order chi connectivity index (χ0) is 10.8. The van der Waals surface area contributed by atoms with Crippen molar-refractivity contribution in [2.24, 2.45) is 23.7 Å². The minimum atomic E-state index is 0.808. The van der Waals surface area contributed by atoms with Crippen LogP contribution in [0.2, 0.25) is 0 Å². The first-order valence-corrected chi connectivity index (χ1v) is 6.86. The molecule has 15 heavy (non-hydrogen) atoms. The Morgan fingerprint density at radius 3 is 2.13 bits per heavy atom. The lowest BCUT2D eigenvalue weighted by atomic mass is 9.73. The van der Waals surface area contributed by atoms with Crippen LogP contribution in [0.3, 0.4) is 0 Å². The predicted octanol–water partition coefficient (Wildman–Crippen LogP) is 3.45. The first-order chi connectivity index (χ1) is 7.19. The van der Waals surface area contributed by atoms with Crippen molar-refractivity contribution < 1.29 is 0 Å². The van der Waals surface area contributed by atoms with Gasteiger partial charge in [0.1, 0.15) is 0 Å². The van der Waals surface area contributed by atoms with Gasteiger partial charge in [0.2, 0.25) is 0 Å². The number of hydrogen-bond donors (Lipinski definition) is 1. The second-order valence-corrected chi connectivity index (χ2v) is 6.25. The quantitative estimate of drug-likeness (QED) is 0.748. The summed E-state index contributed by atoms with van der Waals surface area (Å²) >= 11 is 0. The van der Waals surface area contributed by atoms with E-state index in [1.54, 1.807) is 0 Å². The zero-order valence-electron chi connectivity index (χ0n) is 10.6. The molecule has 88 valence electrons. The molecule has 0 amide bonds. The van der Waals surface area contributed by atoms with E-state index in [1.165, 1.54) is 38.5 Å². The highest BCUT2D eigenvalue weighted by Gasteiger charge is 2.33. The summed E-state index contributed by atoms with van der Waals surface area (Å²) in [7, 11) is 2.16. The Morgan fingerprint density at radius 2 is 1.67 bits per heavy atom. The maximum absolute atomic E-state index is 3.58. The van der Waals surface area contributed by atoms with Gasteiger partial charge in [0.25, 0.3) is 0 Å². The summed E-state index contributed by atoms with van der Waals surface area (Å²) in [6.45, 7) is 4.87. The lowest BCUT2D eigenvalue weighted by Gasteiger charge is -2.36. The van der Waals surface area contributed by atoms with Crippen LogP contribution >= 0.6 is 0 Å². The van der Waals surface area contributed by atoms with Crippen molar-refractivity contribution in [3.63, 3.8) is 0 Å². The van der Waals surface area contributed by atoms with Gasteiger partial charge in [-0.1, -0.05) is 26.7 Å². The van der Waals surface area contributed by atoms with Gasteiger partial charge in [-0.2, -0.15) is 0 Å². The summed E-state index contributed by atoms with van der Waals surface area (Å²) in [6.07, 6.45) is 8.81. The van der Waals surface area contributed by atoms with Crippen LogP contribution in [0.5, 0.6) is 0 Å². The van der Waals surface area contributed by atoms with E-state index in [2.05, 4.69) is 26.2 Å². The molecule has 2 rings (SSSR count). The van der Waals surface area contributed by atoms with Crippen LogP contribution < -0.4 is 5.32 Å². The summed E-state index contributed by atoms with van der Waals surface area (Å²) < 4.78 is 0. The summed E-state index contributed by atoms with van der Waals surface area (Å²) in [5.74, 6) is 3.92. The second-order valence-electron chi connectivity index (χ2n) is 6.25. The Labute approximate surface area is 95.0 Å². The molecule has 1 N–H and O–H groups in total. The van der Waals surface area contributed by atoms with Crippen LogP contribution in [-0.2, 0) is 0 Å². The summed E-state index contributed by atoms with van der Waals surface area (Å²) in [6, 6.07) is 0.808. The first-order valence-electron chi connectivity index (χ1n) is 6.86. The van der Waals surface area contributed by atoms with Gasteiger partial charge >= 0.3 is 0 Å². The number of rotatable bonds is 4. The molecule has 0 aromatic heterocycles. The maximum atomic E-state index is 3.58. The molecule has 0 heterocycles. The van der Waals surface area contributed by atoms with E-state index in [1.807, 2.05) is 0 Å². The van der Waals surface area contributed by atoms with Gasteiger partial charge in [0.15, 0.2) is 0 Å². The van der Waals surface area contributed by atoms with Crippen molar-refractivity contribution in [3.05, 3.63) is 0 Å². The normalized spacial score (nSPS) is 39.0. The van der Waals surface area contributed by atoms with Crippen molar-refractivity contribution in [1.82, 2.24) is 5.32 Å². The van der Waals surface area contributed by atoms with E-state index in [0.717, 1.165) is 29.7 Å². The van der Waals surface area contributed by atoms with Crippen molar-refractivity contribution >= 4 is 0 Å². The van der Waals surface area contributed by atoms with Crippen molar-refractivity contribution in [2.75, 3.05) is 7.05 Å². The molecule has 2 saturated carbocycles. The van der Waals surface area contributed by atoms with Crippen LogP contribution in [0.1, 0.15) is 52.4 Å². The maximum Gasteiger partial charge on any atom is 0.00951 e. The Morgan fingerprint density at radius 1 is 1.07 bits per heavy atom. The molecule has 3 unspecified atom stereocenters. The molecule has 1 nitrogen and oxygen atoms in total. The molecule has 1 heteroatoms. The highest BCUT2D eigenvalue weighted by atomic mass is 14.9. The van der Waals surface area contributed by atoms with E-state index in [9.17, 15) is 0 Å². The molecule has 2 fully saturated rings. The third-order valence-electron chi connectivity index (χ3n) is 4.44. The average molecular weight is 209 g/mol. The van der Waals surface area contributed by atoms with Gasteiger partial charge < -0.3 is 5.32 Å². The molecule has 2 aliphatic carbocycles. The monoisotopic (exact) mass is 209 g/mol. The van der Waals surface area contributed by atoms with E-state index in [-0.39, 0.29) is 0 Å². The fourth-order valence-electron chi connectivity index (χ4n) is 3.60. The lowest BCUT2D eigenvalue weighted by Crippen LogP contribution is -2.38. The van der Waals surface area contributed by atoms with E-state index < -0.39 is 0 Å². The van der Waals surface area contributed by atoms with Gasteiger partial charge in [-0.3, -0.25) is 0 Å². The third-order valence-corrected chi connectivity index (χ3v) is 4.44. The van der Waals surface area contributed by atoms with Gasteiger partial charge in [-0.25, -0.2) is 0 Å². The molecule has 2 aliphatic rings. The van der Waals surface area contributed by atoms with Gasteiger partial charge in [0, 0.05) is 6.04 Å². The molecule has 0 bridgehead atoms. The minimum Gasteiger partial charge on any atom is -0.317 e. The predicted molar refractivity (Wildman–Crippen MR) is 65.9 cm³/mol. The molecular weight excluding hydrogens is 182 g/mol. The Hall–Kier alpha value is -0.0400. The highest BCUT2D eigenvalue weighted by molar-refractivity contribution is 4.87. The van der Waals surface area contributed by atoms with Crippen molar-refractivity contribution in [1.29, 1.82) is 0 Å². The minimum absolute atomic E-state index is 0.808. The Kier molecular flexibility index (Phi) is 3.71. The van der Waals surface area contributed by atoms with Gasteiger partial charge in [0.05, 0.1) is 0 Å². The average Bonchev–Trinajstić information content (AvgIpc) is 2.96. The molecule has 3 atom stereocenters. The molecule has 0 aliphatic heterocycles. The topological polar surface area (TPSA) is 12.0 Å². The molecule has 0 radical (unpaired) electrons. The van der Waals surface area contributed by atoms with E-state index >= 15 is 0 Å². The van der Waals surface area contributed by atoms with E-state index in [0.29, 0.717) is 0 Å². The third kappa shape index (κ3) is 3.21. The zero-order valence-corrected chi connectivity index (χ0v) is 10.6. The molecule has 0 saturated heterocycles. The SMILES string of the molecule is CNC(CC1CC1)C1CC(C)CC(C)C1. The summed E-state index contributed by atoms with van der Waals surface area (Å²) in [5.41, 5.74) is 0. The molecule has 0 aromatic rings. The number of nitrogens with one attached hydrogen (secondary N) is 1. The molecular formula is C14H27N. The van der Waals surface area contributed by atoms with Crippen LogP contribution in [0.15, 0.2) is 0 Å². The van der Waals surface area contributed by atoms with Gasteiger partial charge in [-0.15, -0.1) is 0 Å². The van der Waals surface area contributed by atoms with Crippen molar-refractivity contribution in [3.8, 4) is 0 Å². The number of hydrogen-bond acceptors (Lipinski definition) is 1. The highest BCUT2D eigenvalue weighted by Crippen LogP contribution is 2.40. The molecule has 0 spiro atoms. The molecule has 0 aromatic carbocycles. The largest absolute Gasteiger partial charge is 0.317 e. The second kappa shape index (κ2) is 4.86. The lowest BCUT2D eigenvalue weighted by molar-refractivity contribution is 0.172. The van der Waals surface area contributed by atoms with Crippen LogP contribution in [0, 0.1) is 23.7 Å². The Balaban J connectivity index is 1.87. The fraction of sp³-hybridized carbons (Fsp3) is 1.00. The van der Waals surface area contributed by atoms with E-state index in [4.69, 9.17) is 0 Å². The summed E-state index contributed by atoms with van der Waals surface area (Å²) in [4.78, 5) is 0.